The van der Waals surface area contributed by atoms with E-state index in [0.29, 0.717) is 24.6 Å². The largest absolute Gasteiger partial charge is 0.484 e. The molecule has 6 heteroatoms. The Morgan fingerprint density at radius 3 is 2.91 bits per heavy atom. The lowest BCUT2D eigenvalue weighted by atomic mass is 10.0. The highest BCUT2D eigenvalue weighted by Gasteiger charge is 2.34. The molecule has 0 amide bonds. The minimum absolute atomic E-state index is 0.127. The summed E-state index contributed by atoms with van der Waals surface area (Å²) in [4.78, 5) is 14.0. The van der Waals surface area contributed by atoms with Gasteiger partial charge in [-0.05, 0) is 32.9 Å². The number of nitrogens with two attached hydrogens (primary N) is 1. The number of fused-ring (bicyclic) bond motifs is 1. The van der Waals surface area contributed by atoms with Gasteiger partial charge in [-0.1, -0.05) is 6.07 Å². The minimum Gasteiger partial charge on any atom is -0.484 e. The lowest BCUT2D eigenvalue weighted by molar-refractivity contribution is -0.148. The predicted octanol–water partition coefficient (Wildman–Crippen LogP) is 1.82. The Morgan fingerprint density at radius 1 is 1.50 bits per heavy atom. The van der Waals surface area contributed by atoms with Crippen LogP contribution in [-0.4, -0.2) is 44.5 Å². The van der Waals surface area contributed by atoms with Crippen molar-refractivity contribution in [2.24, 2.45) is 0 Å². The number of nitrogens with zero attached hydrogens (tertiary/aromatic N) is 1. The van der Waals surface area contributed by atoms with Gasteiger partial charge in [-0.15, -0.1) is 0 Å². The molecule has 0 aromatic heterocycles. The lowest BCUT2D eigenvalue weighted by Crippen LogP contribution is -2.49. The second-order valence-corrected chi connectivity index (χ2v) is 6.17. The summed E-state index contributed by atoms with van der Waals surface area (Å²) in [6.45, 7) is 6.81. The average molecular weight is 308 g/mol. The van der Waals surface area contributed by atoms with E-state index in [0.717, 1.165) is 5.69 Å². The molecular formula is C16H24N2O4. The van der Waals surface area contributed by atoms with E-state index in [2.05, 4.69) is 0 Å². The maximum Gasteiger partial charge on any atom is 0.325 e. The third-order valence-electron chi connectivity index (χ3n) is 3.36. The van der Waals surface area contributed by atoms with Crippen LogP contribution >= 0.6 is 0 Å². The third-order valence-corrected chi connectivity index (χ3v) is 3.36. The molecule has 1 aromatic carbocycles. The molecule has 0 fully saturated rings. The fourth-order valence-corrected chi connectivity index (χ4v) is 2.65. The standard InChI is InChI=1S/C16H24N2O4/c1-11(9-20-4)21-14(19)8-18-10-16(2,3)22-13-7-5-6-12(17)15(13)18/h5-7,11H,8-10,17H2,1-4H3. The summed E-state index contributed by atoms with van der Waals surface area (Å²) in [6, 6.07) is 5.50. The zero-order chi connectivity index (χ0) is 16.3. The third kappa shape index (κ3) is 3.82. The van der Waals surface area contributed by atoms with Crippen LogP contribution in [0.25, 0.3) is 0 Å². The summed E-state index contributed by atoms with van der Waals surface area (Å²) in [5.74, 6) is 0.380. The van der Waals surface area contributed by atoms with Gasteiger partial charge in [0.15, 0.2) is 0 Å². The number of para-hydroxylation sites is 1. The molecule has 22 heavy (non-hydrogen) atoms. The molecule has 1 aliphatic rings. The zero-order valence-corrected chi connectivity index (χ0v) is 13.6. The number of benzene rings is 1. The van der Waals surface area contributed by atoms with Crippen molar-refractivity contribution in [3.8, 4) is 5.75 Å². The number of esters is 1. The van der Waals surface area contributed by atoms with Gasteiger partial charge in [0, 0.05) is 7.11 Å². The molecule has 1 heterocycles. The van der Waals surface area contributed by atoms with Gasteiger partial charge in [-0.25, -0.2) is 0 Å². The molecule has 2 N–H and O–H groups in total. The molecular weight excluding hydrogens is 284 g/mol. The number of anilines is 2. The van der Waals surface area contributed by atoms with E-state index in [4.69, 9.17) is 19.9 Å². The van der Waals surface area contributed by atoms with Crippen LogP contribution in [0.4, 0.5) is 11.4 Å². The highest BCUT2D eigenvalue weighted by Crippen LogP contribution is 2.40. The zero-order valence-electron chi connectivity index (χ0n) is 13.6. The molecule has 0 spiro atoms. The molecule has 0 saturated carbocycles. The van der Waals surface area contributed by atoms with E-state index in [1.165, 1.54) is 0 Å². The van der Waals surface area contributed by atoms with Gasteiger partial charge < -0.3 is 24.8 Å². The first-order valence-corrected chi connectivity index (χ1v) is 7.33. The number of hydrogen-bond acceptors (Lipinski definition) is 6. The van der Waals surface area contributed by atoms with Crippen LogP contribution in [0.2, 0.25) is 0 Å². The minimum atomic E-state index is -0.404. The first-order chi connectivity index (χ1) is 10.3. The first-order valence-electron chi connectivity index (χ1n) is 7.33. The number of carbonyl (C=O) groups excluding carboxylic acids is 1. The van der Waals surface area contributed by atoms with Crippen molar-refractivity contribution in [2.75, 3.05) is 37.4 Å². The normalized spacial score (nSPS) is 17.4. The molecule has 1 aliphatic heterocycles. The molecule has 0 aliphatic carbocycles. The van der Waals surface area contributed by atoms with Crippen LogP contribution in [0.3, 0.4) is 0 Å². The Bertz CT molecular complexity index is 545. The van der Waals surface area contributed by atoms with Crippen LogP contribution in [-0.2, 0) is 14.3 Å². The Kier molecular flexibility index (Phi) is 4.81. The molecule has 122 valence electrons. The van der Waals surface area contributed by atoms with Gasteiger partial charge in [0.25, 0.3) is 0 Å². The molecule has 2 rings (SSSR count). The van der Waals surface area contributed by atoms with Crippen molar-refractivity contribution in [2.45, 2.75) is 32.5 Å². The van der Waals surface area contributed by atoms with E-state index in [1.54, 1.807) is 20.1 Å². The Morgan fingerprint density at radius 2 is 2.23 bits per heavy atom. The number of hydrogen-bond donors (Lipinski definition) is 1. The van der Waals surface area contributed by atoms with E-state index in [1.807, 2.05) is 30.9 Å². The molecule has 6 nitrogen and oxygen atoms in total. The SMILES string of the molecule is COCC(C)OC(=O)CN1CC(C)(C)Oc2cccc(N)c21. The van der Waals surface area contributed by atoms with E-state index in [-0.39, 0.29) is 18.6 Å². The van der Waals surface area contributed by atoms with Gasteiger partial charge in [0.05, 0.1) is 18.8 Å². The Labute approximate surface area is 131 Å². The van der Waals surface area contributed by atoms with Gasteiger partial charge in [-0.2, -0.15) is 0 Å². The number of rotatable bonds is 5. The van der Waals surface area contributed by atoms with Crippen LogP contribution in [0, 0.1) is 0 Å². The van der Waals surface area contributed by atoms with E-state index in [9.17, 15) is 4.79 Å². The van der Waals surface area contributed by atoms with E-state index < -0.39 is 5.60 Å². The van der Waals surface area contributed by atoms with Crippen molar-refractivity contribution in [1.82, 2.24) is 0 Å². The quantitative estimate of drug-likeness (QED) is 0.661. The number of ether oxygens (including phenoxy) is 3. The average Bonchev–Trinajstić information content (AvgIpc) is 2.36. The number of nitrogen functional groups attached to an aromatic ring is 1. The Hall–Kier alpha value is -1.95. The van der Waals surface area contributed by atoms with Gasteiger partial charge in [-0.3, -0.25) is 4.79 Å². The van der Waals surface area contributed by atoms with Gasteiger partial charge in [0.2, 0.25) is 0 Å². The maximum atomic E-state index is 12.1. The smallest absolute Gasteiger partial charge is 0.325 e. The summed E-state index contributed by atoms with van der Waals surface area (Å²) in [5, 5.41) is 0. The Balaban J connectivity index is 2.15. The van der Waals surface area contributed by atoms with Crippen LogP contribution in [0.1, 0.15) is 20.8 Å². The summed E-state index contributed by atoms with van der Waals surface area (Å²) < 4.78 is 16.2. The van der Waals surface area contributed by atoms with Crippen LogP contribution in [0.5, 0.6) is 5.75 Å². The highest BCUT2D eigenvalue weighted by atomic mass is 16.6. The van der Waals surface area contributed by atoms with Gasteiger partial charge in [0.1, 0.15) is 29.7 Å². The summed E-state index contributed by atoms with van der Waals surface area (Å²) in [6.07, 6.45) is -0.279. The van der Waals surface area contributed by atoms with Crippen molar-refractivity contribution in [3.63, 3.8) is 0 Å². The lowest BCUT2D eigenvalue weighted by Gasteiger charge is -2.41. The molecule has 0 radical (unpaired) electrons. The molecule has 1 atom stereocenters. The maximum absolute atomic E-state index is 12.1. The summed E-state index contributed by atoms with van der Waals surface area (Å²) in [7, 11) is 1.58. The predicted molar refractivity (Wildman–Crippen MR) is 85.2 cm³/mol. The van der Waals surface area contributed by atoms with E-state index >= 15 is 0 Å². The van der Waals surface area contributed by atoms with Crippen molar-refractivity contribution >= 4 is 17.3 Å². The monoisotopic (exact) mass is 308 g/mol. The van der Waals surface area contributed by atoms with Crippen LogP contribution in [0.15, 0.2) is 18.2 Å². The second-order valence-electron chi connectivity index (χ2n) is 6.17. The van der Waals surface area contributed by atoms with Crippen molar-refractivity contribution < 1.29 is 19.0 Å². The molecule has 1 unspecified atom stereocenters. The number of methoxy groups -OCH3 is 1. The highest BCUT2D eigenvalue weighted by molar-refractivity contribution is 5.82. The van der Waals surface area contributed by atoms with Crippen molar-refractivity contribution in [3.05, 3.63) is 18.2 Å². The fraction of sp³-hybridized carbons (Fsp3) is 0.562. The fourth-order valence-electron chi connectivity index (χ4n) is 2.65. The second kappa shape index (κ2) is 6.44. The van der Waals surface area contributed by atoms with Crippen molar-refractivity contribution in [1.29, 1.82) is 0 Å². The van der Waals surface area contributed by atoms with Gasteiger partial charge >= 0.3 is 5.97 Å². The first kappa shape index (κ1) is 16.4. The number of carbonyl (C=O) groups is 1. The summed E-state index contributed by atoms with van der Waals surface area (Å²) in [5.41, 5.74) is 6.98. The summed E-state index contributed by atoms with van der Waals surface area (Å²) >= 11 is 0. The van der Waals surface area contributed by atoms with Crippen LogP contribution < -0.4 is 15.4 Å². The molecule has 0 saturated heterocycles. The topological polar surface area (TPSA) is 74.0 Å². The molecule has 0 bridgehead atoms. The molecule has 1 aromatic rings.